The highest BCUT2D eigenvalue weighted by molar-refractivity contribution is 4.92. The maximum atomic E-state index is 11.4. The number of ether oxygens (including phenoxy) is 1. The minimum Gasteiger partial charge on any atom is -0.394 e. The van der Waals surface area contributed by atoms with Crippen LogP contribution in [0.2, 0.25) is 0 Å². The highest BCUT2D eigenvalue weighted by Crippen LogP contribution is 2.27. The summed E-state index contributed by atoms with van der Waals surface area (Å²) in [6.45, 7) is -0.479. The summed E-state index contributed by atoms with van der Waals surface area (Å²) in [5.41, 5.74) is -1.33. The second-order valence-electron chi connectivity index (χ2n) is 3.75. The highest BCUT2D eigenvalue weighted by Gasteiger charge is 2.43. The molecule has 2 rings (SSSR count). The van der Waals surface area contributed by atoms with Crippen LogP contribution < -0.4 is 11.2 Å². The lowest BCUT2D eigenvalue weighted by molar-refractivity contribution is -0.0550. The standard InChI is InChI=1S/C9H12N2O6/c12-3-4-6(14)7(15)8(17-4)11-2-1-5(13)10-9(11)16/h1-2,4,6-8,12,14-15H,3H2,(H,10,13,16)/t4-,6+,7-,8+/m1/s1. The fourth-order valence-electron chi connectivity index (χ4n) is 1.74. The minimum atomic E-state index is -1.35. The van der Waals surface area contributed by atoms with Gasteiger partial charge in [0, 0.05) is 12.3 Å². The molecule has 1 aromatic heterocycles. The summed E-state index contributed by atoms with van der Waals surface area (Å²) in [5.74, 6) is 0. The Balaban J connectivity index is 2.35. The summed E-state index contributed by atoms with van der Waals surface area (Å²) in [7, 11) is 0. The van der Waals surface area contributed by atoms with Crippen LogP contribution in [0, 0.1) is 0 Å². The molecule has 0 saturated carbocycles. The Labute approximate surface area is 94.7 Å². The Morgan fingerprint density at radius 2 is 2.06 bits per heavy atom. The molecule has 4 atom stereocenters. The van der Waals surface area contributed by atoms with Crippen LogP contribution in [0.5, 0.6) is 0 Å². The Morgan fingerprint density at radius 3 is 2.59 bits per heavy atom. The molecule has 0 aliphatic carbocycles. The lowest BCUT2D eigenvalue weighted by Gasteiger charge is -2.16. The second-order valence-corrected chi connectivity index (χ2v) is 3.75. The Bertz CT molecular complexity index is 509. The van der Waals surface area contributed by atoms with Gasteiger partial charge in [0.2, 0.25) is 0 Å². The zero-order valence-corrected chi connectivity index (χ0v) is 8.68. The van der Waals surface area contributed by atoms with Crippen LogP contribution >= 0.6 is 0 Å². The van der Waals surface area contributed by atoms with E-state index >= 15 is 0 Å². The fourth-order valence-corrected chi connectivity index (χ4v) is 1.74. The third-order valence-corrected chi connectivity index (χ3v) is 2.64. The first-order chi connectivity index (χ1) is 8.04. The van der Waals surface area contributed by atoms with E-state index in [1.165, 1.54) is 0 Å². The summed E-state index contributed by atoms with van der Waals surface area (Å²) >= 11 is 0. The predicted octanol–water partition coefficient (Wildman–Crippen LogP) is -2.85. The summed E-state index contributed by atoms with van der Waals surface area (Å²) < 4.78 is 6.08. The van der Waals surface area contributed by atoms with E-state index in [0.717, 1.165) is 16.8 Å². The first-order valence-corrected chi connectivity index (χ1v) is 4.98. The van der Waals surface area contributed by atoms with Gasteiger partial charge in [-0.05, 0) is 0 Å². The number of hydrogen-bond acceptors (Lipinski definition) is 6. The number of rotatable bonds is 2. The molecule has 4 N–H and O–H groups in total. The summed E-state index contributed by atoms with van der Waals surface area (Å²) in [5, 5.41) is 28.1. The first-order valence-electron chi connectivity index (χ1n) is 4.98. The van der Waals surface area contributed by atoms with E-state index in [1.807, 2.05) is 4.98 Å². The van der Waals surface area contributed by atoms with Crippen molar-refractivity contribution in [3.63, 3.8) is 0 Å². The summed E-state index contributed by atoms with van der Waals surface area (Å²) in [4.78, 5) is 24.3. The molecule has 0 aromatic carbocycles. The molecule has 1 fully saturated rings. The number of aromatic amines is 1. The average molecular weight is 244 g/mol. The number of aliphatic hydroxyl groups is 3. The lowest BCUT2D eigenvalue weighted by atomic mass is 10.1. The molecular weight excluding hydrogens is 232 g/mol. The number of aliphatic hydroxyl groups excluding tert-OH is 3. The van der Waals surface area contributed by atoms with Crippen molar-refractivity contribution < 1.29 is 20.1 Å². The molecule has 1 saturated heterocycles. The van der Waals surface area contributed by atoms with Gasteiger partial charge in [0.1, 0.15) is 18.3 Å². The Morgan fingerprint density at radius 1 is 1.35 bits per heavy atom. The number of H-pyrrole nitrogens is 1. The minimum absolute atomic E-state index is 0.479. The molecule has 17 heavy (non-hydrogen) atoms. The van der Waals surface area contributed by atoms with Gasteiger partial charge in [0.15, 0.2) is 6.23 Å². The maximum Gasteiger partial charge on any atom is 0.330 e. The largest absolute Gasteiger partial charge is 0.394 e. The summed E-state index contributed by atoms with van der Waals surface area (Å²) in [6.07, 6.45) is -3.58. The number of nitrogens with zero attached hydrogens (tertiary/aromatic N) is 1. The summed E-state index contributed by atoms with van der Waals surface area (Å²) in [6, 6.07) is 1.09. The van der Waals surface area contributed by atoms with Gasteiger partial charge in [0.25, 0.3) is 5.56 Å². The molecule has 0 unspecified atom stereocenters. The van der Waals surface area contributed by atoms with Gasteiger partial charge in [-0.2, -0.15) is 0 Å². The van der Waals surface area contributed by atoms with Crippen LogP contribution in [0.1, 0.15) is 6.23 Å². The van der Waals surface area contributed by atoms with E-state index in [0.29, 0.717) is 0 Å². The topological polar surface area (TPSA) is 125 Å². The van der Waals surface area contributed by atoms with Gasteiger partial charge in [0.05, 0.1) is 6.61 Å². The SMILES string of the molecule is O=c1ccn([C@H]2O[C@H](CO)[C@H](O)[C@H]2O)c(=O)[nH]1. The van der Waals surface area contributed by atoms with Crippen LogP contribution in [0.25, 0.3) is 0 Å². The molecule has 8 heteroatoms. The van der Waals surface area contributed by atoms with Crippen molar-refractivity contribution in [1.29, 1.82) is 0 Å². The smallest absolute Gasteiger partial charge is 0.330 e. The molecule has 1 aromatic rings. The molecule has 8 nitrogen and oxygen atoms in total. The van der Waals surface area contributed by atoms with Gasteiger partial charge in [-0.25, -0.2) is 4.79 Å². The number of nitrogens with one attached hydrogen (secondary N) is 1. The molecule has 1 aliphatic rings. The molecule has 2 heterocycles. The van der Waals surface area contributed by atoms with E-state index in [-0.39, 0.29) is 0 Å². The molecule has 0 amide bonds. The van der Waals surface area contributed by atoms with E-state index < -0.39 is 42.4 Å². The van der Waals surface area contributed by atoms with E-state index in [1.54, 1.807) is 0 Å². The lowest BCUT2D eigenvalue weighted by Crippen LogP contribution is -2.37. The van der Waals surface area contributed by atoms with E-state index in [9.17, 15) is 19.8 Å². The predicted molar refractivity (Wildman–Crippen MR) is 54.3 cm³/mol. The maximum absolute atomic E-state index is 11.4. The van der Waals surface area contributed by atoms with Crippen LogP contribution in [0.3, 0.4) is 0 Å². The van der Waals surface area contributed by atoms with E-state index in [4.69, 9.17) is 9.84 Å². The van der Waals surface area contributed by atoms with Crippen molar-refractivity contribution in [2.24, 2.45) is 0 Å². The van der Waals surface area contributed by atoms with Crippen molar-refractivity contribution in [2.75, 3.05) is 6.61 Å². The van der Waals surface area contributed by atoms with E-state index in [2.05, 4.69) is 0 Å². The van der Waals surface area contributed by atoms with Crippen LogP contribution in [0.4, 0.5) is 0 Å². The zero-order chi connectivity index (χ0) is 12.6. The third kappa shape index (κ3) is 2.03. The van der Waals surface area contributed by atoms with Crippen molar-refractivity contribution in [3.8, 4) is 0 Å². The van der Waals surface area contributed by atoms with Crippen molar-refractivity contribution in [3.05, 3.63) is 33.1 Å². The third-order valence-electron chi connectivity index (χ3n) is 2.64. The van der Waals surface area contributed by atoms with Gasteiger partial charge in [-0.15, -0.1) is 0 Å². The zero-order valence-electron chi connectivity index (χ0n) is 8.68. The first kappa shape index (κ1) is 12.0. The molecule has 0 bridgehead atoms. The Hall–Kier alpha value is -1.48. The number of hydrogen-bond donors (Lipinski definition) is 4. The molecule has 0 spiro atoms. The monoisotopic (exact) mass is 244 g/mol. The second kappa shape index (κ2) is 4.41. The number of aromatic nitrogens is 2. The van der Waals surface area contributed by atoms with Gasteiger partial charge in [-0.3, -0.25) is 14.3 Å². The van der Waals surface area contributed by atoms with Crippen LogP contribution in [-0.4, -0.2) is 49.8 Å². The molecular formula is C9H12N2O6. The molecule has 94 valence electrons. The highest BCUT2D eigenvalue weighted by atomic mass is 16.6. The molecule has 1 aliphatic heterocycles. The van der Waals surface area contributed by atoms with Crippen LogP contribution in [-0.2, 0) is 4.74 Å². The fraction of sp³-hybridized carbons (Fsp3) is 0.556. The van der Waals surface area contributed by atoms with Crippen molar-refractivity contribution in [2.45, 2.75) is 24.5 Å². The quantitative estimate of drug-likeness (QED) is 0.444. The van der Waals surface area contributed by atoms with Gasteiger partial charge >= 0.3 is 5.69 Å². The normalized spacial score (nSPS) is 32.9. The molecule has 0 radical (unpaired) electrons. The van der Waals surface area contributed by atoms with Crippen LogP contribution in [0.15, 0.2) is 21.9 Å². The van der Waals surface area contributed by atoms with Gasteiger partial charge < -0.3 is 20.1 Å². The van der Waals surface area contributed by atoms with Crippen molar-refractivity contribution in [1.82, 2.24) is 9.55 Å². The Kier molecular flexibility index (Phi) is 3.11. The van der Waals surface area contributed by atoms with Gasteiger partial charge in [-0.1, -0.05) is 0 Å². The average Bonchev–Trinajstić information content (AvgIpc) is 2.57. The van der Waals surface area contributed by atoms with Crippen molar-refractivity contribution >= 4 is 0 Å².